The number of hydrogen-bond donors (Lipinski definition) is 1. The highest BCUT2D eigenvalue weighted by Gasteiger charge is 2.09. The maximum Gasteiger partial charge on any atom is 0.159 e. The zero-order valence-electron chi connectivity index (χ0n) is 11.5. The minimum atomic E-state index is 0.641. The number of benzene rings is 1. The number of nitrogens with two attached hydrogens (primary N) is 1. The number of ether oxygens (including phenoxy) is 1. The van der Waals surface area contributed by atoms with Crippen molar-refractivity contribution in [2.24, 2.45) is 7.05 Å². The van der Waals surface area contributed by atoms with E-state index in [-0.39, 0.29) is 0 Å². The number of fused-ring (bicyclic) bond motifs is 1. The molecular formula is C15H16N4O. The van der Waals surface area contributed by atoms with Crippen molar-refractivity contribution in [3.8, 4) is 5.75 Å². The van der Waals surface area contributed by atoms with Crippen LogP contribution < -0.4 is 10.5 Å². The number of anilines is 1. The second kappa shape index (κ2) is 4.85. The Labute approximate surface area is 117 Å². The number of hydrogen-bond acceptors (Lipinski definition) is 4. The molecule has 0 saturated heterocycles. The van der Waals surface area contributed by atoms with Crippen LogP contribution in [0.1, 0.15) is 11.4 Å². The van der Waals surface area contributed by atoms with Gasteiger partial charge in [0.1, 0.15) is 17.1 Å². The van der Waals surface area contributed by atoms with Gasteiger partial charge in [-0.25, -0.2) is 9.97 Å². The van der Waals surface area contributed by atoms with E-state index < -0.39 is 0 Å². The fraction of sp³-hybridized carbons (Fsp3) is 0.200. The summed E-state index contributed by atoms with van der Waals surface area (Å²) in [6.45, 7) is 0. The van der Waals surface area contributed by atoms with Crippen LogP contribution in [0.15, 0.2) is 36.5 Å². The first-order chi connectivity index (χ1) is 9.69. The minimum absolute atomic E-state index is 0.641. The van der Waals surface area contributed by atoms with E-state index in [2.05, 4.69) is 9.97 Å². The molecule has 20 heavy (non-hydrogen) atoms. The largest absolute Gasteiger partial charge is 0.495 e. The number of nitrogens with zero attached hydrogens (tertiary/aromatic N) is 3. The lowest BCUT2D eigenvalue weighted by molar-refractivity contribution is 0.417. The van der Waals surface area contributed by atoms with Gasteiger partial charge in [-0.2, -0.15) is 0 Å². The van der Waals surface area contributed by atoms with Crippen molar-refractivity contribution in [3.05, 3.63) is 47.9 Å². The molecule has 0 bridgehead atoms. The van der Waals surface area contributed by atoms with Crippen molar-refractivity contribution in [1.82, 2.24) is 14.5 Å². The van der Waals surface area contributed by atoms with Crippen LogP contribution in [0, 0.1) is 0 Å². The first kappa shape index (κ1) is 12.5. The fourth-order valence-electron chi connectivity index (χ4n) is 2.30. The molecular weight excluding hydrogens is 252 g/mol. The molecule has 2 heterocycles. The van der Waals surface area contributed by atoms with Gasteiger partial charge in [0.2, 0.25) is 0 Å². The molecule has 3 rings (SSSR count). The normalized spacial score (nSPS) is 10.9. The zero-order valence-corrected chi connectivity index (χ0v) is 11.5. The molecule has 0 unspecified atom stereocenters. The quantitative estimate of drug-likeness (QED) is 0.739. The predicted molar refractivity (Wildman–Crippen MR) is 78.7 cm³/mol. The molecule has 0 aliphatic rings. The molecule has 0 aliphatic heterocycles. The number of nitrogen functional groups attached to an aromatic ring is 1. The van der Waals surface area contributed by atoms with Gasteiger partial charge in [-0.05, 0) is 29.8 Å². The van der Waals surface area contributed by atoms with Gasteiger partial charge < -0.3 is 15.0 Å². The molecule has 102 valence electrons. The van der Waals surface area contributed by atoms with E-state index >= 15 is 0 Å². The maximum absolute atomic E-state index is 5.93. The van der Waals surface area contributed by atoms with Gasteiger partial charge in [0, 0.05) is 19.7 Å². The summed E-state index contributed by atoms with van der Waals surface area (Å²) in [4.78, 5) is 8.95. The van der Waals surface area contributed by atoms with Crippen LogP contribution in [-0.4, -0.2) is 21.6 Å². The van der Waals surface area contributed by atoms with E-state index in [0.717, 1.165) is 22.6 Å². The van der Waals surface area contributed by atoms with Crippen LogP contribution in [0.5, 0.6) is 5.75 Å². The van der Waals surface area contributed by atoms with E-state index in [9.17, 15) is 0 Å². The second-order valence-electron chi connectivity index (χ2n) is 4.69. The van der Waals surface area contributed by atoms with Crippen LogP contribution in [0.2, 0.25) is 0 Å². The Bertz CT molecular complexity index is 764. The highest BCUT2D eigenvalue weighted by Crippen LogP contribution is 2.23. The molecule has 3 aromatic rings. The van der Waals surface area contributed by atoms with E-state index in [0.29, 0.717) is 17.9 Å². The van der Waals surface area contributed by atoms with Crippen molar-refractivity contribution >= 4 is 16.9 Å². The lowest BCUT2D eigenvalue weighted by Crippen LogP contribution is -2.01. The van der Waals surface area contributed by atoms with Crippen molar-refractivity contribution in [3.63, 3.8) is 0 Å². The minimum Gasteiger partial charge on any atom is -0.495 e. The molecule has 5 heteroatoms. The van der Waals surface area contributed by atoms with Gasteiger partial charge in [-0.3, -0.25) is 0 Å². The smallest absolute Gasteiger partial charge is 0.159 e. The average Bonchev–Trinajstić information content (AvgIpc) is 2.76. The summed E-state index contributed by atoms with van der Waals surface area (Å²) in [5, 5.41) is 0. The molecule has 0 fully saturated rings. The summed E-state index contributed by atoms with van der Waals surface area (Å²) in [5.74, 6) is 1.66. The number of methoxy groups -OCH3 is 1. The van der Waals surface area contributed by atoms with E-state index in [4.69, 9.17) is 10.5 Å². The van der Waals surface area contributed by atoms with Gasteiger partial charge in [-0.15, -0.1) is 0 Å². The zero-order chi connectivity index (χ0) is 14.1. The van der Waals surface area contributed by atoms with Gasteiger partial charge in [0.15, 0.2) is 5.65 Å². The molecule has 0 spiro atoms. The molecule has 0 aliphatic carbocycles. The monoisotopic (exact) mass is 268 g/mol. The van der Waals surface area contributed by atoms with Crippen molar-refractivity contribution in [2.75, 3.05) is 12.8 Å². The Morgan fingerprint density at radius 2 is 2.15 bits per heavy atom. The molecule has 0 radical (unpaired) electrons. The lowest BCUT2D eigenvalue weighted by Gasteiger charge is -2.07. The summed E-state index contributed by atoms with van der Waals surface area (Å²) >= 11 is 0. The van der Waals surface area contributed by atoms with Gasteiger partial charge in [0.05, 0.1) is 12.8 Å². The third kappa shape index (κ3) is 2.07. The van der Waals surface area contributed by atoms with Crippen molar-refractivity contribution < 1.29 is 4.74 Å². The lowest BCUT2D eigenvalue weighted by atomic mass is 10.1. The summed E-state index contributed by atoms with van der Waals surface area (Å²) in [6, 6.07) is 9.66. The highest BCUT2D eigenvalue weighted by atomic mass is 16.5. The summed E-state index contributed by atoms with van der Waals surface area (Å²) in [5.41, 5.74) is 9.47. The van der Waals surface area contributed by atoms with Crippen LogP contribution in [-0.2, 0) is 13.5 Å². The Morgan fingerprint density at radius 3 is 2.85 bits per heavy atom. The number of imidazole rings is 1. The van der Waals surface area contributed by atoms with E-state index in [1.165, 1.54) is 0 Å². The molecule has 0 saturated carbocycles. The van der Waals surface area contributed by atoms with Crippen molar-refractivity contribution in [2.45, 2.75) is 6.42 Å². The molecule has 0 amide bonds. The standard InChI is InChI=1S/C15H16N4O/c1-19-14(18-12-4-3-7-17-15(12)19)9-10-5-6-13(20-2)11(16)8-10/h3-8H,9,16H2,1-2H3. The molecule has 2 aromatic heterocycles. The molecule has 1 aromatic carbocycles. The first-order valence-electron chi connectivity index (χ1n) is 6.37. The van der Waals surface area contributed by atoms with E-state index in [1.54, 1.807) is 13.3 Å². The first-order valence-corrected chi connectivity index (χ1v) is 6.37. The van der Waals surface area contributed by atoms with Crippen LogP contribution >= 0.6 is 0 Å². The summed E-state index contributed by atoms with van der Waals surface area (Å²) in [6.07, 6.45) is 2.49. The number of pyridine rings is 1. The summed E-state index contributed by atoms with van der Waals surface area (Å²) in [7, 11) is 3.59. The van der Waals surface area contributed by atoms with Crippen LogP contribution in [0.3, 0.4) is 0 Å². The fourth-order valence-corrected chi connectivity index (χ4v) is 2.30. The maximum atomic E-state index is 5.93. The predicted octanol–water partition coefficient (Wildman–Crippen LogP) is 2.15. The number of aryl methyl sites for hydroxylation is 1. The van der Waals surface area contributed by atoms with Gasteiger partial charge in [-0.1, -0.05) is 6.07 Å². The Hall–Kier alpha value is -2.56. The molecule has 2 N–H and O–H groups in total. The van der Waals surface area contributed by atoms with Gasteiger partial charge in [0.25, 0.3) is 0 Å². The number of rotatable bonds is 3. The Balaban J connectivity index is 1.97. The van der Waals surface area contributed by atoms with E-state index in [1.807, 2.05) is 41.9 Å². The highest BCUT2D eigenvalue weighted by molar-refractivity contribution is 5.71. The SMILES string of the molecule is COc1ccc(Cc2nc3cccnc3n2C)cc1N. The van der Waals surface area contributed by atoms with Crippen LogP contribution in [0.25, 0.3) is 11.2 Å². The Morgan fingerprint density at radius 1 is 1.30 bits per heavy atom. The summed E-state index contributed by atoms with van der Waals surface area (Å²) < 4.78 is 7.18. The molecule has 0 atom stereocenters. The topological polar surface area (TPSA) is 66.0 Å². The Kier molecular flexibility index (Phi) is 3.02. The number of aromatic nitrogens is 3. The van der Waals surface area contributed by atoms with Crippen molar-refractivity contribution in [1.29, 1.82) is 0 Å². The third-order valence-electron chi connectivity index (χ3n) is 3.38. The average molecular weight is 268 g/mol. The molecule has 5 nitrogen and oxygen atoms in total. The second-order valence-corrected chi connectivity index (χ2v) is 4.69. The third-order valence-corrected chi connectivity index (χ3v) is 3.38. The van der Waals surface area contributed by atoms with Crippen LogP contribution in [0.4, 0.5) is 5.69 Å². The van der Waals surface area contributed by atoms with Gasteiger partial charge >= 0.3 is 0 Å².